The first-order chi connectivity index (χ1) is 8.95. The fourth-order valence-electron chi connectivity index (χ4n) is 1.90. The minimum atomic E-state index is -0.919. The van der Waals surface area contributed by atoms with Gasteiger partial charge < -0.3 is 15.6 Å². The number of aliphatic hydroxyl groups excluding tert-OH is 1. The van der Waals surface area contributed by atoms with E-state index in [0.717, 1.165) is 18.4 Å². The number of ether oxygens (including phenoxy) is 1. The molecule has 0 spiro atoms. The lowest BCUT2D eigenvalue weighted by atomic mass is 9.99. The summed E-state index contributed by atoms with van der Waals surface area (Å²) >= 11 is 6.14. The lowest BCUT2D eigenvalue weighted by molar-refractivity contribution is -0.0000440. The van der Waals surface area contributed by atoms with Crippen molar-refractivity contribution in [2.45, 2.75) is 45.3 Å². The van der Waals surface area contributed by atoms with Crippen LogP contribution in [0.25, 0.3) is 0 Å². The molecule has 0 radical (unpaired) electrons. The number of unbranched alkanes of at least 4 members (excludes halogenated alkanes) is 1. The summed E-state index contributed by atoms with van der Waals surface area (Å²) in [6.45, 7) is 3.93. The molecule has 1 aromatic rings. The van der Waals surface area contributed by atoms with E-state index in [9.17, 15) is 9.90 Å². The topological polar surface area (TPSA) is 72.6 Å². The normalized spacial score (nSPS) is 13.9. The number of amides is 1. The van der Waals surface area contributed by atoms with Crippen molar-refractivity contribution >= 4 is 17.7 Å². The van der Waals surface area contributed by atoms with Gasteiger partial charge in [-0.25, -0.2) is 4.79 Å². The monoisotopic (exact) mass is 285 g/mol. The van der Waals surface area contributed by atoms with E-state index in [1.807, 2.05) is 19.9 Å². The molecule has 1 amide bonds. The van der Waals surface area contributed by atoms with Crippen molar-refractivity contribution in [3.8, 4) is 0 Å². The Balaban J connectivity index is 2.98. The van der Waals surface area contributed by atoms with Gasteiger partial charge in [-0.3, -0.25) is 0 Å². The van der Waals surface area contributed by atoms with Crippen molar-refractivity contribution < 1.29 is 14.6 Å². The van der Waals surface area contributed by atoms with E-state index >= 15 is 0 Å². The molecular formula is C14H20ClNO3. The van der Waals surface area contributed by atoms with Gasteiger partial charge in [0.2, 0.25) is 0 Å². The van der Waals surface area contributed by atoms with Crippen molar-refractivity contribution in [3.05, 3.63) is 34.3 Å². The fourth-order valence-corrected chi connectivity index (χ4v) is 2.24. The van der Waals surface area contributed by atoms with Gasteiger partial charge in [0, 0.05) is 10.6 Å². The van der Waals surface area contributed by atoms with Gasteiger partial charge in [0.15, 0.2) is 6.10 Å². The summed E-state index contributed by atoms with van der Waals surface area (Å²) in [5.41, 5.74) is 6.64. The molecule has 0 aliphatic carbocycles. The Kier molecular flexibility index (Phi) is 6.12. The predicted molar refractivity (Wildman–Crippen MR) is 75.1 cm³/mol. The summed E-state index contributed by atoms with van der Waals surface area (Å²) in [7, 11) is 0. The SMILES string of the molecule is CCCC[C@H](O)[C@@H](OC(N)=O)c1ccc(C)cc1Cl. The average molecular weight is 286 g/mol. The zero-order valence-corrected chi connectivity index (χ0v) is 12.0. The largest absolute Gasteiger partial charge is 0.439 e. The lowest BCUT2D eigenvalue weighted by Gasteiger charge is -2.23. The second-order valence-electron chi connectivity index (χ2n) is 4.59. The summed E-state index contributed by atoms with van der Waals surface area (Å²) < 4.78 is 5.02. The van der Waals surface area contributed by atoms with Gasteiger partial charge in [0.05, 0.1) is 6.10 Å². The number of rotatable bonds is 6. The van der Waals surface area contributed by atoms with Crippen molar-refractivity contribution in [1.82, 2.24) is 0 Å². The Hall–Kier alpha value is -1.26. The number of carbonyl (C=O) groups is 1. The predicted octanol–water partition coefficient (Wildman–Crippen LogP) is 3.34. The van der Waals surface area contributed by atoms with Crippen LogP contribution >= 0.6 is 11.6 Å². The van der Waals surface area contributed by atoms with Gasteiger partial charge in [-0.1, -0.05) is 43.5 Å². The molecule has 0 aliphatic rings. The van der Waals surface area contributed by atoms with Gasteiger partial charge in [0.1, 0.15) is 0 Å². The maximum atomic E-state index is 11.0. The number of hydrogen-bond donors (Lipinski definition) is 2. The number of carbonyl (C=O) groups excluding carboxylic acids is 1. The van der Waals surface area contributed by atoms with Crippen molar-refractivity contribution in [2.75, 3.05) is 0 Å². The van der Waals surface area contributed by atoms with Crippen LogP contribution in [0.3, 0.4) is 0 Å². The van der Waals surface area contributed by atoms with Crippen molar-refractivity contribution in [3.63, 3.8) is 0 Å². The molecule has 0 bridgehead atoms. The third kappa shape index (κ3) is 4.73. The Morgan fingerprint density at radius 1 is 1.53 bits per heavy atom. The number of nitrogens with two attached hydrogens (primary N) is 1. The summed E-state index contributed by atoms with van der Waals surface area (Å²) in [6, 6.07) is 5.37. The second kappa shape index (κ2) is 7.36. The Labute approximate surface area is 118 Å². The molecule has 0 aromatic heterocycles. The standard InChI is InChI=1S/C14H20ClNO3/c1-3-4-5-12(17)13(19-14(16)18)10-7-6-9(2)8-11(10)15/h6-8,12-13,17H,3-5H2,1-2H3,(H2,16,18)/t12-,13-/m0/s1. The first kappa shape index (κ1) is 15.8. The molecule has 0 saturated heterocycles. The van der Waals surface area contributed by atoms with E-state index in [2.05, 4.69) is 0 Å². The molecule has 0 fully saturated rings. The van der Waals surface area contributed by atoms with Crippen LogP contribution in [0, 0.1) is 6.92 Å². The van der Waals surface area contributed by atoms with Crippen LogP contribution in [0.15, 0.2) is 18.2 Å². The van der Waals surface area contributed by atoms with Crippen LogP contribution < -0.4 is 5.73 Å². The van der Waals surface area contributed by atoms with Crippen LogP contribution in [0.4, 0.5) is 4.79 Å². The highest BCUT2D eigenvalue weighted by Gasteiger charge is 2.26. The van der Waals surface area contributed by atoms with Gasteiger partial charge in [-0.05, 0) is 25.0 Å². The molecule has 106 valence electrons. The lowest BCUT2D eigenvalue weighted by Crippen LogP contribution is -2.27. The summed E-state index contributed by atoms with van der Waals surface area (Å²) in [4.78, 5) is 11.0. The summed E-state index contributed by atoms with van der Waals surface area (Å²) in [6.07, 6.45) is -0.244. The maximum absolute atomic E-state index is 11.0. The third-order valence-electron chi connectivity index (χ3n) is 2.91. The smallest absolute Gasteiger partial charge is 0.405 e. The number of primary amides is 1. The van der Waals surface area contributed by atoms with Gasteiger partial charge in [-0.15, -0.1) is 0 Å². The third-order valence-corrected chi connectivity index (χ3v) is 3.24. The highest BCUT2D eigenvalue weighted by atomic mass is 35.5. The van der Waals surface area contributed by atoms with Gasteiger partial charge in [-0.2, -0.15) is 0 Å². The molecule has 3 N–H and O–H groups in total. The highest BCUT2D eigenvalue weighted by molar-refractivity contribution is 6.31. The second-order valence-corrected chi connectivity index (χ2v) is 5.00. The van der Waals surface area contributed by atoms with E-state index in [1.165, 1.54) is 0 Å². The highest BCUT2D eigenvalue weighted by Crippen LogP contribution is 2.31. The van der Waals surface area contributed by atoms with Crippen LogP contribution in [-0.4, -0.2) is 17.3 Å². The molecule has 1 aromatic carbocycles. The quantitative estimate of drug-likeness (QED) is 0.842. The average Bonchev–Trinajstić information content (AvgIpc) is 2.33. The molecule has 0 unspecified atom stereocenters. The molecule has 0 heterocycles. The van der Waals surface area contributed by atoms with Crippen LogP contribution in [0.2, 0.25) is 5.02 Å². The van der Waals surface area contributed by atoms with E-state index in [4.69, 9.17) is 22.1 Å². The number of hydrogen-bond acceptors (Lipinski definition) is 3. The molecule has 4 nitrogen and oxygen atoms in total. The van der Waals surface area contributed by atoms with Gasteiger partial charge >= 0.3 is 6.09 Å². The minimum absolute atomic E-state index is 0.460. The van der Waals surface area contributed by atoms with Crippen molar-refractivity contribution in [2.24, 2.45) is 5.73 Å². The molecular weight excluding hydrogens is 266 g/mol. The van der Waals surface area contributed by atoms with Crippen LogP contribution in [-0.2, 0) is 4.74 Å². The Morgan fingerprint density at radius 2 is 2.21 bits per heavy atom. The van der Waals surface area contributed by atoms with E-state index in [0.29, 0.717) is 17.0 Å². The molecule has 0 aliphatic heterocycles. The zero-order chi connectivity index (χ0) is 14.4. The number of halogens is 1. The Morgan fingerprint density at radius 3 is 2.74 bits per heavy atom. The first-order valence-electron chi connectivity index (χ1n) is 6.36. The zero-order valence-electron chi connectivity index (χ0n) is 11.2. The number of aryl methyl sites for hydroxylation is 1. The minimum Gasteiger partial charge on any atom is -0.439 e. The summed E-state index contributed by atoms with van der Waals surface area (Å²) in [5.74, 6) is 0. The van der Waals surface area contributed by atoms with E-state index in [-0.39, 0.29) is 0 Å². The summed E-state index contributed by atoms with van der Waals surface area (Å²) in [5, 5.41) is 10.6. The van der Waals surface area contributed by atoms with E-state index < -0.39 is 18.3 Å². The van der Waals surface area contributed by atoms with Crippen LogP contribution in [0.5, 0.6) is 0 Å². The van der Waals surface area contributed by atoms with Gasteiger partial charge in [0.25, 0.3) is 0 Å². The maximum Gasteiger partial charge on any atom is 0.405 e. The molecule has 0 saturated carbocycles. The molecule has 19 heavy (non-hydrogen) atoms. The Bertz CT molecular complexity index is 437. The molecule has 1 rings (SSSR count). The van der Waals surface area contributed by atoms with E-state index in [1.54, 1.807) is 12.1 Å². The molecule has 5 heteroatoms. The number of aliphatic hydroxyl groups is 1. The van der Waals surface area contributed by atoms with Crippen molar-refractivity contribution in [1.29, 1.82) is 0 Å². The fraction of sp³-hybridized carbons (Fsp3) is 0.500. The first-order valence-corrected chi connectivity index (χ1v) is 6.73. The molecule has 2 atom stereocenters. The van der Waals surface area contributed by atoms with Crippen LogP contribution in [0.1, 0.15) is 43.4 Å². The number of benzene rings is 1.